The van der Waals surface area contributed by atoms with Crippen molar-refractivity contribution in [2.45, 2.75) is 46.7 Å². The van der Waals surface area contributed by atoms with Crippen LogP contribution in [-0.4, -0.2) is 41.1 Å². The minimum absolute atomic E-state index is 0.132. The Morgan fingerprint density at radius 2 is 2.00 bits per heavy atom. The van der Waals surface area contributed by atoms with E-state index in [1.807, 2.05) is 13.8 Å². The van der Waals surface area contributed by atoms with Crippen molar-refractivity contribution in [1.82, 2.24) is 20.4 Å². The van der Waals surface area contributed by atoms with Crippen LogP contribution in [0.15, 0.2) is 0 Å². The number of nitrogens with one attached hydrogen (secondary N) is 2. The van der Waals surface area contributed by atoms with E-state index in [1.54, 1.807) is 19.0 Å². The van der Waals surface area contributed by atoms with Gasteiger partial charge in [0.2, 0.25) is 5.91 Å². The number of carbonyl (C=O) groups is 1. The number of likely N-dealkylation sites (N-methyl/N-ethyl adjacent to an activating group) is 1. The van der Waals surface area contributed by atoms with Gasteiger partial charge in [0.1, 0.15) is 0 Å². The molecule has 1 aromatic rings. The lowest BCUT2D eigenvalue weighted by Crippen LogP contribution is -2.44. The third-order valence-corrected chi connectivity index (χ3v) is 3.25. The molecule has 5 nitrogen and oxygen atoms in total. The van der Waals surface area contributed by atoms with Gasteiger partial charge < -0.3 is 10.2 Å². The number of rotatable bonds is 6. The summed E-state index contributed by atoms with van der Waals surface area (Å²) in [6.45, 7) is 8.91. The number of aryl methyl sites for hydroxylation is 2. The van der Waals surface area contributed by atoms with Crippen LogP contribution in [0.25, 0.3) is 0 Å². The first-order valence-electron chi connectivity index (χ1n) is 6.78. The van der Waals surface area contributed by atoms with E-state index in [4.69, 9.17) is 0 Å². The Morgan fingerprint density at radius 3 is 2.42 bits per heavy atom. The van der Waals surface area contributed by atoms with Gasteiger partial charge in [-0.1, -0.05) is 13.8 Å². The Bertz CT molecular complexity index is 404. The molecule has 5 heteroatoms. The lowest BCUT2D eigenvalue weighted by molar-refractivity contribution is -0.131. The van der Waals surface area contributed by atoms with E-state index >= 15 is 0 Å². The zero-order valence-electron chi connectivity index (χ0n) is 12.9. The maximum Gasteiger partial charge on any atom is 0.239 e. The predicted molar refractivity (Wildman–Crippen MR) is 76.8 cm³/mol. The summed E-state index contributed by atoms with van der Waals surface area (Å²) in [5.41, 5.74) is 3.21. The number of carbonyl (C=O) groups excluding carboxylic acids is 1. The fourth-order valence-electron chi connectivity index (χ4n) is 2.11. The highest BCUT2D eigenvalue weighted by Gasteiger charge is 2.21. The van der Waals surface area contributed by atoms with Gasteiger partial charge in [-0.2, -0.15) is 5.10 Å². The molecule has 2 N–H and O–H groups in total. The van der Waals surface area contributed by atoms with Crippen molar-refractivity contribution >= 4 is 5.91 Å². The Hall–Kier alpha value is -1.36. The highest BCUT2D eigenvalue weighted by atomic mass is 16.2. The van der Waals surface area contributed by atoms with E-state index in [9.17, 15) is 4.79 Å². The molecular formula is C14H26N4O. The number of hydrogen-bond acceptors (Lipinski definition) is 3. The molecule has 1 aromatic heterocycles. The van der Waals surface area contributed by atoms with Crippen molar-refractivity contribution in [2.75, 3.05) is 14.1 Å². The number of aromatic amines is 1. The average molecular weight is 266 g/mol. The molecule has 0 aliphatic carbocycles. The third kappa shape index (κ3) is 4.35. The van der Waals surface area contributed by atoms with Gasteiger partial charge in [0.05, 0.1) is 11.7 Å². The third-order valence-electron chi connectivity index (χ3n) is 3.25. The average Bonchev–Trinajstić information content (AvgIpc) is 2.63. The summed E-state index contributed by atoms with van der Waals surface area (Å²) in [6, 6.07) is -0.135. The summed E-state index contributed by atoms with van der Waals surface area (Å²) >= 11 is 0. The van der Waals surface area contributed by atoms with Crippen LogP contribution in [0.5, 0.6) is 0 Å². The summed E-state index contributed by atoms with van der Waals surface area (Å²) in [6.07, 6.45) is 0.840. The van der Waals surface area contributed by atoms with Crippen LogP contribution in [-0.2, 0) is 11.3 Å². The minimum Gasteiger partial charge on any atom is -0.347 e. The number of nitrogens with zero attached hydrogens (tertiary/aromatic N) is 2. The summed E-state index contributed by atoms with van der Waals surface area (Å²) in [4.78, 5) is 13.8. The highest BCUT2D eigenvalue weighted by molar-refractivity contribution is 5.81. The molecule has 1 atom stereocenters. The van der Waals surface area contributed by atoms with E-state index in [0.29, 0.717) is 12.5 Å². The number of aromatic nitrogens is 2. The van der Waals surface area contributed by atoms with Crippen molar-refractivity contribution in [3.05, 3.63) is 17.0 Å². The smallest absolute Gasteiger partial charge is 0.239 e. The molecule has 1 unspecified atom stereocenters. The van der Waals surface area contributed by atoms with E-state index in [0.717, 1.165) is 23.4 Å². The van der Waals surface area contributed by atoms with E-state index in [1.165, 1.54) is 0 Å². The topological polar surface area (TPSA) is 61.0 Å². The van der Waals surface area contributed by atoms with E-state index in [-0.39, 0.29) is 11.9 Å². The van der Waals surface area contributed by atoms with Gasteiger partial charge in [-0.25, -0.2) is 0 Å². The Balaban J connectivity index is 2.70. The van der Waals surface area contributed by atoms with Gasteiger partial charge in [-0.3, -0.25) is 9.89 Å². The van der Waals surface area contributed by atoms with Gasteiger partial charge in [0, 0.05) is 31.9 Å². The molecule has 0 bridgehead atoms. The van der Waals surface area contributed by atoms with Crippen LogP contribution >= 0.6 is 0 Å². The maximum atomic E-state index is 12.1. The number of amides is 1. The molecule has 0 saturated carbocycles. The van der Waals surface area contributed by atoms with Crippen molar-refractivity contribution in [2.24, 2.45) is 5.92 Å². The molecule has 1 amide bonds. The molecule has 0 aromatic carbocycles. The molecule has 108 valence electrons. The van der Waals surface area contributed by atoms with Gasteiger partial charge in [-0.15, -0.1) is 0 Å². The van der Waals surface area contributed by atoms with Crippen LogP contribution < -0.4 is 5.32 Å². The second kappa shape index (κ2) is 6.70. The first-order valence-corrected chi connectivity index (χ1v) is 6.78. The first-order chi connectivity index (χ1) is 8.82. The molecule has 0 fully saturated rings. The van der Waals surface area contributed by atoms with Gasteiger partial charge >= 0.3 is 0 Å². The van der Waals surface area contributed by atoms with Crippen LogP contribution in [0.4, 0.5) is 0 Å². The monoisotopic (exact) mass is 266 g/mol. The fraction of sp³-hybridized carbons (Fsp3) is 0.714. The zero-order valence-corrected chi connectivity index (χ0v) is 12.9. The first kappa shape index (κ1) is 15.7. The van der Waals surface area contributed by atoms with Crippen molar-refractivity contribution < 1.29 is 4.79 Å². The lowest BCUT2D eigenvalue weighted by Gasteiger charge is -2.23. The standard InChI is InChI=1S/C14H26N4O/c1-9(2)7-13(14(19)18(5)6)15-8-12-10(3)16-17-11(12)4/h9,13,15H,7-8H2,1-6H3,(H,16,17). The Morgan fingerprint density at radius 1 is 1.37 bits per heavy atom. The quantitative estimate of drug-likeness (QED) is 0.822. The highest BCUT2D eigenvalue weighted by Crippen LogP contribution is 2.12. The fourth-order valence-corrected chi connectivity index (χ4v) is 2.11. The summed E-state index contributed by atoms with van der Waals surface area (Å²) in [5.74, 6) is 0.612. The maximum absolute atomic E-state index is 12.1. The van der Waals surface area contributed by atoms with Gasteiger partial charge in [0.25, 0.3) is 0 Å². The molecule has 0 aliphatic heterocycles. The molecule has 1 rings (SSSR count). The Kier molecular flexibility index (Phi) is 5.54. The molecule has 0 radical (unpaired) electrons. The summed E-state index contributed by atoms with van der Waals surface area (Å²) < 4.78 is 0. The predicted octanol–water partition coefficient (Wildman–Crippen LogP) is 1.62. The molecule has 19 heavy (non-hydrogen) atoms. The summed E-state index contributed by atoms with van der Waals surface area (Å²) in [5, 5.41) is 10.5. The number of H-pyrrole nitrogens is 1. The second-order valence-corrected chi connectivity index (χ2v) is 5.71. The largest absolute Gasteiger partial charge is 0.347 e. The van der Waals surface area contributed by atoms with Crippen LogP contribution in [0.2, 0.25) is 0 Å². The van der Waals surface area contributed by atoms with Crippen LogP contribution in [0.3, 0.4) is 0 Å². The normalized spacial score (nSPS) is 12.8. The Labute approximate surface area is 115 Å². The van der Waals surface area contributed by atoms with Gasteiger partial charge in [0.15, 0.2) is 0 Å². The molecule has 1 heterocycles. The zero-order chi connectivity index (χ0) is 14.6. The van der Waals surface area contributed by atoms with E-state index < -0.39 is 0 Å². The molecule has 0 spiro atoms. The number of hydrogen-bond donors (Lipinski definition) is 2. The molecular weight excluding hydrogens is 240 g/mol. The SMILES string of the molecule is Cc1n[nH]c(C)c1CNC(CC(C)C)C(=O)N(C)C. The summed E-state index contributed by atoms with van der Waals surface area (Å²) in [7, 11) is 3.59. The van der Waals surface area contributed by atoms with Gasteiger partial charge in [-0.05, 0) is 26.2 Å². The lowest BCUT2D eigenvalue weighted by atomic mass is 10.0. The minimum atomic E-state index is -0.135. The van der Waals surface area contributed by atoms with Crippen LogP contribution in [0.1, 0.15) is 37.2 Å². The molecule has 0 aliphatic rings. The van der Waals surface area contributed by atoms with Crippen molar-refractivity contribution in [3.8, 4) is 0 Å². The van der Waals surface area contributed by atoms with Crippen molar-refractivity contribution in [1.29, 1.82) is 0 Å². The second-order valence-electron chi connectivity index (χ2n) is 5.71. The van der Waals surface area contributed by atoms with Crippen LogP contribution in [0, 0.1) is 19.8 Å². The van der Waals surface area contributed by atoms with E-state index in [2.05, 4.69) is 29.4 Å². The van der Waals surface area contributed by atoms with Crippen molar-refractivity contribution in [3.63, 3.8) is 0 Å². The molecule has 0 saturated heterocycles.